The molecule has 12 heavy (non-hydrogen) atoms. The van der Waals surface area contributed by atoms with E-state index >= 15 is 0 Å². The fourth-order valence-corrected chi connectivity index (χ4v) is 1.92. The first-order valence-electron chi connectivity index (χ1n) is 2.84. The molecule has 1 aromatic carbocycles. The molecule has 1 N–H and O–H groups in total. The van der Waals surface area contributed by atoms with Gasteiger partial charge in [-0.25, -0.2) is 0 Å². The molecule has 0 saturated carbocycles. The van der Waals surface area contributed by atoms with Crippen LogP contribution >= 0.6 is 31.9 Å². The van der Waals surface area contributed by atoms with Gasteiger partial charge in [-0.05, 0) is 50.1 Å². The number of benzene rings is 1. The Labute approximate surface area is 86.8 Å². The van der Waals surface area contributed by atoms with Gasteiger partial charge in [0.25, 0.3) is 10.1 Å². The first kappa shape index (κ1) is 10.2. The number of rotatable bonds is 1. The first-order chi connectivity index (χ1) is 5.41. The number of hydrogen-bond donors (Lipinski definition) is 1. The van der Waals surface area contributed by atoms with Gasteiger partial charge in [0.2, 0.25) is 0 Å². The highest BCUT2D eigenvalue weighted by Crippen LogP contribution is 2.25. The van der Waals surface area contributed by atoms with Gasteiger partial charge in [0.15, 0.2) is 0 Å². The fourth-order valence-electron chi connectivity index (χ4n) is 0.637. The van der Waals surface area contributed by atoms with E-state index in [-0.39, 0.29) is 4.90 Å². The van der Waals surface area contributed by atoms with Gasteiger partial charge in [0, 0.05) is 8.95 Å². The molecule has 0 aromatic heterocycles. The number of halogens is 2. The maximum Gasteiger partial charge on any atom is 0.294 e. The van der Waals surface area contributed by atoms with Gasteiger partial charge < -0.3 is 0 Å². The molecule has 3 nitrogen and oxygen atoms in total. The Morgan fingerprint density at radius 3 is 2.17 bits per heavy atom. The van der Waals surface area contributed by atoms with Crippen molar-refractivity contribution < 1.29 is 13.0 Å². The molecule has 0 saturated heterocycles. The average molecular weight is 316 g/mol. The van der Waals surface area contributed by atoms with Crippen LogP contribution in [0.5, 0.6) is 0 Å². The third kappa shape index (κ3) is 2.29. The highest BCUT2D eigenvalue weighted by Gasteiger charge is 2.10. The van der Waals surface area contributed by atoms with Gasteiger partial charge >= 0.3 is 0 Å². The Hall–Kier alpha value is 0.0900. The minimum absolute atomic E-state index is 0.127. The summed E-state index contributed by atoms with van der Waals surface area (Å²) in [6, 6.07) is 4.16. The van der Waals surface area contributed by atoms with Crippen LogP contribution in [0.2, 0.25) is 0 Å². The molecule has 66 valence electrons. The molecule has 0 atom stereocenters. The van der Waals surface area contributed by atoms with E-state index in [2.05, 4.69) is 31.9 Å². The Morgan fingerprint density at radius 1 is 1.17 bits per heavy atom. The maximum atomic E-state index is 10.6. The summed E-state index contributed by atoms with van der Waals surface area (Å²) in [5.41, 5.74) is 0. The van der Waals surface area contributed by atoms with Crippen LogP contribution in [0.15, 0.2) is 32.0 Å². The molecular formula is C6H4Br2O3S. The Balaban J connectivity index is 3.33. The summed E-state index contributed by atoms with van der Waals surface area (Å²) in [5.74, 6) is 0. The lowest BCUT2D eigenvalue weighted by Crippen LogP contribution is -1.97. The van der Waals surface area contributed by atoms with E-state index in [0.717, 1.165) is 4.47 Å². The summed E-state index contributed by atoms with van der Waals surface area (Å²) in [6.07, 6.45) is 0. The van der Waals surface area contributed by atoms with Crippen LogP contribution < -0.4 is 0 Å². The quantitative estimate of drug-likeness (QED) is 0.810. The second kappa shape index (κ2) is 3.45. The second-order valence-electron chi connectivity index (χ2n) is 2.05. The zero-order valence-electron chi connectivity index (χ0n) is 5.66. The van der Waals surface area contributed by atoms with Crippen molar-refractivity contribution in [1.29, 1.82) is 0 Å². The molecule has 0 aliphatic heterocycles. The summed E-state index contributed by atoms with van der Waals surface area (Å²) in [6.45, 7) is 0. The average Bonchev–Trinajstić information content (AvgIpc) is 1.92. The van der Waals surface area contributed by atoms with Crippen molar-refractivity contribution in [1.82, 2.24) is 0 Å². The summed E-state index contributed by atoms with van der Waals surface area (Å²) >= 11 is 6.29. The van der Waals surface area contributed by atoms with Crippen molar-refractivity contribution >= 4 is 42.0 Å². The molecule has 0 radical (unpaired) electrons. The molecular weight excluding hydrogens is 312 g/mol. The second-order valence-corrected chi connectivity index (χ2v) is 5.18. The minimum atomic E-state index is -4.09. The highest BCUT2D eigenvalue weighted by molar-refractivity contribution is 9.13. The summed E-state index contributed by atoms with van der Waals surface area (Å²) in [5, 5.41) is 0. The van der Waals surface area contributed by atoms with Crippen LogP contribution in [0.4, 0.5) is 0 Å². The van der Waals surface area contributed by atoms with Crippen molar-refractivity contribution in [3.05, 3.63) is 27.1 Å². The third-order valence-electron chi connectivity index (χ3n) is 1.19. The molecule has 1 rings (SSSR count). The largest absolute Gasteiger partial charge is 0.294 e. The highest BCUT2D eigenvalue weighted by atomic mass is 79.9. The van der Waals surface area contributed by atoms with Crippen LogP contribution in [0.1, 0.15) is 0 Å². The Bertz CT molecular complexity index is 399. The lowest BCUT2D eigenvalue weighted by atomic mass is 10.4. The van der Waals surface area contributed by atoms with Crippen LogP contribution in [0.3, 0.4) is 0 Å². The third-order valence-corrected chi connectivity index (χ3v) is 3.92. The van der Waals surface area contributed by atoms with E-state index in [0.29, 0.717) is 4.47 Å². The van der Waals surface area contributed by atoms with Gasteiger partial charge in [-0.15, -0.1) is 0 Å². The van der Waals surface area contributed by atoms with Gasteiger partial charge in [-0.2, -0.15) is 8.42 Å². The molecule has 0 spiro atoms. The lowest BCUT2D eigenvalue weighted by molar-refractivity contribution is 0.483. The molecule has 0 fully saturated rings. The molecule has 0 amide bonds. The SMILES string of the molecule is O=S(=O)(O)c1ccc(Br)c(Br)c1. The van der Waals surface area contributed by atoms with Crippen molar-refractivity contribution in [2.75, 3.05) is 0 Å². The van der Waals surface area contributed by atoms with E-state index in [4.69, 9.17) is 4.55 Å². The lowest BCUT2D eigenvalue weighted by Gasteiger charge is -1.98. The van der Waals surface area contributed by atoms with Gasteiger partial charge in [0.05, 0.1) is 4.90 Å². The molecule has 0 heterocycles. The van der Waals surface area contributed by atoms with Crippen LogP contribution in [0, 0.1) is 0 Å². The maximum absolute atomic E-state index is 10.6. The molecule has 6 heteroatoms. The first-order valence-corrected chi connectivity index (χ1v) is 5.86. The summed E-state index contributed by atoms with van der Waals surface area (Å²) in [4.78, 5) is -0.127. The van der Waals surface area contributed by atoms with Crippen molar-refractivity contribution in [2.24, 2.45) is 0 Å². The van der Waals surface area contributed by atoms with Gasteiger partial charge in [-0.3, -0.25) is 4.55 Å². The van der Waals surface area contributed by atoms with E-state index in [1.54, 1.807) is 0 Å². The fraction of sp³-hybridized carbons (Fsp3) is 0. The van der Waals surface area contributed by atoms with E-state index < -0.39 is 10.1 Å². The molecule has 0 unspecified atom stereocenters. The Kier molecular flexibility index (Phi) is 2.92. The van der Waals surface area contributed by atoms with Gasteiger partial charge in [0.1, 0.15) is 0 Å². The van der Waals surface area contributed by atoms with E-state index in [9.17, 15) is 8.42 Å². The summed E-state index contributed by atoms with van der Waals surface area (Å²) < 4.78 is 31.2. The zero-order valence-corrected chi connectivity index (χ0v) is 9.65. The molecule has 1 aromatic rings. The molecule has 0 aliphatic carbocycles. The van der Waals surface area contributed by atoms with Crippen LogP contribution in [-0.2, 0) is 10.1 Å². The van der Waals surface area contributed by atoms with E-state index in [1.165, 1.54) is 18.2 Å². The van der Waals surface area contributed by atoms with Crippen LogP contribution in [0.25, 0.3) is 0 Å². The molecule has 0 aliphatic rings. The van der Waals surface area contributed by atoms with Crippen molar-refractivity contribution in [3.8, 4) is 0 Å². The zero-order chi connectivity index (χ0) is 9.35. The monoisotopic (exact) mass is 314 g/mol. The summed E-state index contributed by atoms with van der Waals surface area (Å²) in [7, 11) is -4.09. The van der Waals surface area contributed by atoms with E-state index in [1.807, 2.05) is 0 Å². The topological polar surface area (TPSA) is 54.4 Å². The standard InChI is InChI=1S/C6H4Br2O3S/c7-5-2-1-4(3-6(5)8)12(9,10)11/h1-3H,(H,9,10,11). The molecule has 0 bridgehead atoms. The predicted octanol–water partition coefficient (Wildman–Crippen LogP) is 2.46. The Morgan fingerprint density at radius 2 is 1.75 bits per heavy atom. The van der Waals surface area contributed by atoms with Gasteiger partial charge in [-0.1, -0.05) is 0 Å². The van der Waals surface area contributed by atoms with Crippen LogP contribution in [-0.4, -0.2) is 13.0 Å². The number of hydrogen-bond acceptors (Lipinski definition) is 2. The minimum Gasteiger partial charge on any atom is -0.282 e. The van der Waals surface area contributed by atoms with Crippen molar-refractivity contribution in [3.63, 3.8) is 0 Å². The smallest absolute Gasteiger partial charge is 0.282 e. The predicted molar refractivity (Wildman–Crippen MR) is 51.7 cm³/mol. The van der Waals surface area contributed by atoms with Crippen molar-refractivity contribution in [2.45, 2.75) is 4.90 Å². The normalized spacial score (nSPS) is 11.6.